The van der Waals surface area contributed by atoms with Crippen molar-refractivity contribution in [3.63, 3.8) is 0 Å². The number of rotatable bonds is 1. The first kappa shape index (κ1) is 19.6. The van der Waals surface area contributed by atoms with E-state index in [1.165, 1.54) is 36.7 Å². The van der Waals surface area contributed by atoms with Gasteiger partial charge in [0.15, 0.2) is 5.76 Å². The molecule has 3 heteroatoms. The van der Waals surface area contributed by atoms with E-state index in [4.69, 9.17) is 4.74 Å². The van der Waals surface area contributed by atoms with Crippen LogP contribution >= 0.6 is 0 Å². The second-order valence-electron chi connectivity index (χ2n) is 4.92. The number of methoxy groups -OCH3 is 1. The molecule has 0 N–H and O–H groups in total. The van der Waals surface area contributed by atoms with Gasteiger partial charge < -0.3 is 4.74 Å². The number of carbonyl (C=O) groups is 1. The number of carbonyl (C=O) groups excluding carboxylic acids is 1. The van der Waals surface area contributed by atoms with Gasteiger partial charge in [0, 0.05) is 26.5 Å². The summed E-state index contributed by atoms with van der Waals surface area (Å²) in [5, 5.41) is 0. The first-order valence-corrected chi connectivity index (χ1v) is 6.53. The molecule has 0 atom stereocenters. The van der Waals surface area contributed by atoms with Crippen LogP contribution in [-0.2, 0) is 29.6 Å². The van der Waals surface area contributed by atoms with Crippen molar-refractivity contribution < 1.29 is 29.6 Å². The average Bonchev–Trinajstić information content (AvgIpc) is 2.58. The van der Waals surface area contributed by atoms with Crippen LogP contribution in [0.3, 0.4) is 0 Å². The molecule has 0 spiro atoms. The van der Waals surface area contributed by atoms with Crippen molar-refractivity contribution in [2.75, 3.05) is 7.11 Å². The molecule has 2 nitrogen and oxygen atoms in total. The fourth-order valence-corrected chi connectivity index (χ4v) is 2.11. The van der Waals surface area contributed by atoms with Crippen LogP contribution in [0.1, 0.15) is 41.0 Å². The largest absolute Gasteiger partial charge is 0.493 e. The van der Waals surface area contributed by atoms with Crippen molar-refractivity contribution >= 4 is 5.78 Å². The molecular weight excluding hydrogens is 428 g/mol. The monoisotopic (exact) mass is 452 g/mol. The molecule has 0 aromatic rings. The molecule has 2 aliphatic carbocycles. The van der Waals surface area contributed by atoms with Crippen LogP contribution in [0.2, 0.25) is 0 Å². The Hall–Kier alpha value is -0.401. The number of hydrogen-bond acceptors (Lipinski definition) is 2. The predicted octanol–water partition coefficient (Wildman–Crippen LogP) is 4.02. The number of Topliss-reactive ketones (excluding diaryl/α,β-unsaturated/α-hetero) is 1. The Kier molecular flexibility index (Phi) is 8.61. The number of allylic oxidation sites excluding steroid dienone is 4. The molecule has 112 valence electrons. The van der Waals surface area contributed by atoms with E-state index in [1.54, 1.807) is 6.08 Å². The normalized spacial score (nSPS) is 22.1. The van der Waals surface area contributed by atoms with Crippen molar-refractivity contribution in [3.05, 3.63) is 53.6 Å². The Bertz CT molecular complexity index is 328. The molecule has 20 heavy (non-hydrogen) atoms. The molecule has 6 radical (unpaired) electrons. The van der Waals surface area contributed by atoms with Gasteiger partial charge in [0.05, 0.1) is 7.11 Å². The van der Waals surface area contributed by atoms with Gasteiger partial charge in [0.1, 0.15) is 0 Å². The van der Waals surface area contributed by atoms with E-state index in [0.29, 0.717) is 12.2 Å². The van der Waals surface area contributed by atoms with Gasteiger partial charge >= 0.3 is 0 Å². The van der Waals surface area contributed by atoms with E-state index in [-0.39, 0.29) is 25.9 Å². The van der Waals surface area contributed by atoms with Crippen LogP contribution in [-0.4, -0.2) is 12.9 Å². The van der Waals surface area contributed by atoms with Gasteiger partial charge in [-0.25, -0.2) is 0 Å². The van der Waals surface area contributed by atoms with Crippen molar-refractivity contribution in [1.29, 1.82) is 0 Å². The van der Waals surface area contributed by atoms with Crippen LogP contribution in [0.4, 0.5) is 0 Å². The topological polar surface area (TPSA) is 26.3 Å². The summed E-state index contributed by atoms with van der Waals surface area (Å²) in [6.07, 6.45) is 5.77. The van der Waals surface area contributed by atoms with Crippen molar-refractivity contribution in [2.24, 2.45) is 0 Å². The molecule has 0 aromatic carbocycles. The maximum Gasteiger partial charge on any atom is 0.201 e. The van der Waals surface area contributed by atoms with Crippen LogP contribution in [0.15, 0.2) is 24.0 Å². The SMILES string of the molecule is COC1=CC=CCC1=O.C[C]1[C](C)[C](C)[C](C)[C]1C.[Ir]. The van der Waals surface area contributed by atoms with Crippen molar-refractivity contribution in [2.45, 2.75) is 41.0 Å². The van der Waals surface area contributed by atoms with Crippen molar-refractivity contribution in [1.82, 2.24) is 0 Å². The van der Waals surface area contributed by atoms with Crippen molar-refractivity contribution in [3.8, 4) is 0 Å². The van der Waals surface area contributed by atoms with Gasteiger partial charge in [0.2, 0.25) is 5.78 Å². The first-order valence-electron chi connectivity index (χ1n) is 6.53. The minimum atomic E-state index is 0. The summed E-state index contributed by atoms with van der Waals surface area (Å²) in [6.45, 7) is 11.0. The summed E-state index contributed by atoms with van der Waals surface area (Å²) in [5.41, 5.74) is 0. The Morgan fingerprint density at radius 1 is 0.900 bits per heavy atom. The molecule has 0 heterocycles. The van der Waals surface area contributed by atoms with Crippen LogP contribution in [0, 0.1) is 29.6 Å². The first-order chi connectivity index (χ1) is 8.90. The average molecular weight is 452 g/mol. The van der Waals surface area contributed by atoms with E-state index >= 15 is 0 Å². The third kappa shape index (κ3) is 4.56. The fourth-order valence-electron chi connectivity index (χ4n) is 2.11. The zero-order valence-electron chi connectivity index (χ0n) is 13.1. The molecule has 0 bridgehead atoms. The maximum atomic E-state index is 10.8. The van der Waals surface area contributed by atoms with Gasteiger partial charge in [0.25, 0.3) is 0 Å². The molecule has 0 unspecified atom stereocenters. The maximum absolute atomic E-state index is 10.8. The van der Waals surface area contributed by atoms with Gasteiger partial charge in [-0.2, -0.15) is 0 Å². The molecule has 1 saturated carbocycles. The molecule has 0 aliphatic heterocycles. The van der Waals surface area contributed by atoms with E-state index in [9.17, 15) is 4.79 Å². The second-order valence-corrected chi connectivity index (χ2v) is 4.92. The summed E-state index contributed by atoms with van der Waals surface area (Å²) in [4.78, 5) is 10.8. The molecule has 1 fully saturated rings. The molecule has 0 amide bonds. The molecule has 0 aromatic heterocycles. The summed E-state index contributed by atoms with van der Waals surface area (Å²) < 4.78 is 4.76. The minimum Gasteiger partial charge on any atom is -0.493 e. The number of ether oxygens (including phenoxy) is 1. The summed E-state index contributed by atoms with van der Waals surface area (Å²) in [5.74, 6) is 7.85. The van der Waals surface area contributed by atoms with E-state index < -0.39 is 0 Å². The van der Waals surface area contributed by atoms with Gasteiger partial charge in [-0.3, -0.25) is 4.79 Å². The van der Waals surface area contributed by atoms with E-state index in [1.807, 2.05) is 12.2 Å². The predicted molar refractivity (Wildman–Crippen MR) is 78.4 cm³/mol. The number of hydrogen-bond donors (Lipinski definition) is 0. The Morgan fingerprint density at radius 2 is 1.30 bits per heavy atom. The molecular formula is C17H23IrO2. The van der Waals surface area contributed by atoms with Gasteiger partial charge in [-0.1, -0.05) is 46.8 Å². The zero-order chi connectivity index (χ0) is 14.6. The summed E-state index contributed by atoms with van der Waals surface area (Å²) in [6, 6.07) is 0. The molecule has 2 aliphatic rings. The number of ketones is 1. The van der Waals surface area contributed by atoms with Crippen LogP contribution in [0.5, 0.6) is 0 Å². The molecule has 0 saturated heterocycles. The minimum absolute atomic E-state index is 0. The Labute approximate surface area is 137 Å². The third-order valence-electron chi connectivity index (χ3n) is 3.99. The standard InChI is InChI=1S/C10H15.C7H8O2.Ir/c1-6-7(2)9(4)10(5)8(6)3;1-9-7-5-3-2-4-6(7)8;/h1-5H3;2-3,5H,4H2,1H3;. The second kappa shape index (κ2) is 8.79. The quantitative estimate of drug-likeness (QED) is 0.602. The van der Waals surface area contributed by atoms with Gasteiger partial charge in [-0.05, 0) is 35.7 Å². The van der Waals surface area contributed by atoms with E-state index in [2.05, 4.69) is 34.6 Å². The Balaban J connectivity index is 0.000000345. The smallest absolute Gasteiger partial charge is 0.201 e. The van der Waals surface area contributed by atoms with Gasteiger partial charge in [-0.15, -0.1) is 0 Å². The van der Waals surface area contributed by atoms with E-state index in [0.717, 1.165) is 0 Å². The summed E-state index contributed by atoms with van der Waals surface area (Å²) >= 11 is 0. The Morgan fingerprint density at radius 3 is 1.55 bits per heavy atom. The van der Waals surface area contributed by atoms with Crippen LogP contribution in [0.25, 0.3) is 0 Å². The fraction of sp³-hybridized carbons (Fsp3) is 0.412. The molecule has 2 rings (SSSR count). The third-order valence-corrected chi connectivity index (χ3v) is 3.99. The van der Waals surface area contributed by atoms with Crippen LogP contribution < -0.4 is 0 Å². The summed E-state index contributed by atoms with van der Waals surface area (Å²) in [7, 11) is 1.50. The zero-order valence-corrected chi connectivity index (χ0v) is 15.5.